The van der Waals surface area contributed by atoms with Crippen molar-refractivity contribution in [3.05, 3.63) is 58.1 Å². The molecule has 0 unspecified atom stereocenters. The summed E-state index contributed by atoms with van der Waals surface area (Å²) < 4.78 is 28.2. The first-order chi connectivity index (χ1) is 14.6. The van der Waals surface area contributed by atoms with Gasteiger partial charge in [0, 0.05) is 19.1 Å². The molecule has 0 aromatic heterocycles. The summed E-state index contributed by atoms with van der Waals surface area (Å²) in [5.74, 6) is -1.70. The van der Waals surface area contributed by atoms with E-state index in [0.29, 0.717) is 46.1 Å². The van der Waals surface area contributed by atoms with Crippen molar-refractivity contribution in [3.63, 3.8) is 0 Å². The van der Waals surface area contributed by atoms with Gasteiger partial charge in [0.2, 0.25) is 10.0 Å². The minimum Gasteiger partial charge on any atom is -0.346 e. The van der Waals surface area contributed by atoms with Gasteiger partial charge in [0.15, 0.2) is 0 Å². The van der Waals surface area contributed by atoms with E-state index in [-0.39, 0.29) is 6.54 Å². The van der Waals surface area contributed by atoms with Gasteiger partial charge in [0.05, 0.1) is 15.6 Å². The van der Waals surface area contributed by atoms with E-state index < -0.39 is 27.9 Å². The number of para-hydroxylation sites is 1. The van der Waals surface area contributed by atoms with Crippen molar-refractivity contribution in [2.24, 2.45) is 0 Å². The van der Waals surface area contributed by atoms with Gasteiger partial charge in [-0.05, 0) is 56.9 Å². The Morgan fingerprint density at radius 1 is 1.10 bits per heavy atom. The van der Waals surface area contributed by atoms with Gasteiger partial charge in [0.1, 0.15) is 0 Å². The molecule has 1 saturated heterocycles. The zero-order chi connectivity index (χ0) is 22.8. The maximum Gasteiger partial charge on any atom is 0.313 e. The number of halogens is 1. The van der Waals surface area contributed by atoms with E-state index in [1.165, 1.54) is 4.31 Å². The van der Waals surface area contributed by atoms with Crippen LogP contribution in [0.4, 0.5) is 5.69 Å². The third-order valence-electron chi connectivity index (χ3n) is 5.32. The van der Waals surface area contributed by atoms with E-state index in [2.05, 4.69) is 10.6 Å². The van der Waals surface area contributed by atoms with Crippen molar-refractivity contribution in [3.8, 4) is 0 Å². The molecule has 1 aliphatic rings. The van der Waals surface area contributed by atoms with E-state index in [4.69, 9.17) is 11.6 Å². The minimum absolute atomic E-state index is 0.0535. The topological polar surface area (TPSA) is 95.6 Å². The van der Waals surface area contributed by atoms with Crippen molar-refractivity contribution in [2.75, 3.05) is 18.4 Å². The van der Waals surface area contributed by atoms with Gasteiger partial charge in [-0.2, -0.15) is 4.31 Å². The Balaban J connectivity index is 1.69. The van der Waals surface area contributed by atoms with Crippen molar-refractivity contribution < 1.29 is 18.0 Å². The molecule has 31 heavy (non-hydrogen) atoms. The third kappa shape index (κ3) is 5.08. The van der Waals surface area contributed by atoms with Crippen LogP contribution in [0, 0.1) is 20.8 Å². The van der Waals surface area contributed by atoms with Crippen LogP contribution in [0.5, 0.6) is 0 Å². The van der Waals surface area contributed by atoms with Gasteiger partial charge in [0.25, 0.3) is 0 Å². The van der Waals surface area contributed by atoms with Crippen LogP contribution in [0.3, 0.4) is 0 Å². The monoisotopic (exact) mass is 463 g/mol. The molecule has 166 valence electrons. The average Bonchev–Trinajstić information content (AvgIpc) is 3.16. The molecule has 0 bridgehead atoms. The minimum atomic E-state index is -3.72. The third-order valence-corrected chi connectivity index (χ3v) is 7.91. The molecule has 1 aliphatic heterocycles. The highest BCUT2D eigenvalue weighted by molar-refractivity contribution is 7.89. The van der Waals surface area contributed by atoms with Gasteiger partial charge in [-0.1, -0.05) is 41.4 Å². The zero-order valence-electron chi connectivity index (χ0n) is 17.7. The largest absolute Gasteiger partial charge is 0.346 e. The second kappa shape index (κ2) is 9.38. The van der Waals surface area contributed by atoms with Crippen LogP contribution in [0.15, 0.2) is 41.3 Å². The van der Waals surface area contributed by atoms with Crippen LogP contribution in [0.2, 0.25) is 5.02 Å². The number of aryl methyl sites for hydroxylation is 3. The first-order valence-electron chi connectivity index (χ1n) is 10.0. The molecule has 3 rings (SSSR count). The molecule has 2 amide bonds. The van der Waals surface area contributed by atoms with Crippen molar-refractivity contribution in [2.45, 2.75) is 44.6 Å². The molecule has 0 aliphatic carbocycles. The summed E-state index contributed by atoms with van der Waals surface area (Å²) in [4.78, 5) is 24.7. The van der Waals surface area contributed by atoms with Gasteiger partial charge in [-0.25, -0.2) is 8.42 Å². The Labute approximate surface area is 187 Å². The highest BCUT2D eigenvalue weighted by Crippen LogP contribution is 2.30. The van der Waals surface area contributed by atoms with E-state index in [0.717, 1.165) is 5.56 Å². The fraction of sp³-hybridized carbons (Fsp3) is 0.364. The highest BCUT2D eigenvalue weighted by atomic mass is 35.5. The Kier molecular flexibility index (Phi) is 7.03. The molecule has 1 fully saturated rings. The molecule has 1 atom stereocenters. The second-order valence-electron chi connectivity index (χ2n) is 7.78. The molecule has 2 aromatic rings. The van der Waals surface area contributed by atoms with Crippen molar-refractivity contribution >= 4 is 39.1 Å². The van der Waals surface area contributed by atoms with Gasteiger partial charge in [-0.3, -0.25) is 9.59 Å². The molecular weight excluding hydrogens is 438 g/mol. The predicted molar refractivity (Wildman–Crippen MR) is 121 cm³/mol. The maximum atomic E-state index is 13.4. The first kappa shape index (κ1) is 23.2. The summed E-state index contributed by atoms with van der Waals surface area (Å²) in [6.45, 7) is 5.94. The van der Waals surface area contributed by atoms with Crippen LogP contribution < -0.4 is 10.6 Å². The molecule has 0 radical (unpaired) electrons. The Morgan fingerprint density at radius 3 is 2.39 bits per heavy atom. The molecular formula is C22H26ClN3O4S. The fourth-order valence-corrected chi connectivity index (χ4v) is 6.34. The predicted octanol–water partition coefficient (Wildman–Crippen LogP) is 3.17. The normalized spacial score (nSPS) is 16.8. The first-order valence-corrected chi connectivity index (χ1v) is 11.9. The van der Waals surface area contributed by atoms with Crippen LogP contribution in [-0.4, -0.2) is 43.7 Å². The second-order valence-corrected chi connectivity index (χ2v) is 10.0. The van der Waals surface area contributed by atoms with Crippen molar-refractivity contribution in [1.29, 1.82) is 0 Å². The van der Waals surface area contributed by atoms with Gasteiger partial charge < -0.3 is 10.6 Å². The lowest BCUT2D eigenvalue weighted by Gasteiger charge is -2.26. The molecule has 7 nitrogen and oxygen atoms in total. The summed E-state index contributed by atoms with van der Waals surface area (Å²) >= 11 is 6.00. The number of rotatable bonds is 5. The van der Waals surface area contributed by atoms with E-state index >= 15 is 0 Å². The van der Waals surface area contributed by atoms with E-state index in [1.54, 1.807) is 38.1 Å². The molecule has 0 saturated carbocycles. The summed E-state index contributed by atoms with van der Waals surface area (Å²) in [6, 6.07) is 9.89. The van der Waals surface area contributed by atoms with Gasteiger partial charge >= 0.3 is 11.8 Å². The number of nitrogens with one attached hydrogen (secondary N) is 2. The zero-order valence-corrected chi connectivity index (χ0v) is 19.3. The molecule has 1 heterocycles. The Bertz CT molecular complexity index is 1090. The standard InChI is InChI=1S/C22H26ClN3O4S/c1-14-11-15(2)20(16(3)12-14)31(29,30)26-10-6-7-17(26)13-24-21(27)22(28)25-19-9-5-4-8-18(19)23/h4-5,8-9,11-12,17H,6-7,10,13H2,1-3H3,(H,24,27)(H,25,28)/t17-/m0/s1. The summed E-state index contributed by atoms with van der Waals surface area (Å²) in [7, 11) is -3.72. The van der Waals surface area contributed by atoms with Crippen LogP contribution >= 0.6 is 11.6 Å². The molecule has 2 N–H and O–H groups in total. The fourth-order valence-electron chi connectivity index (χ4n) is 4.05. The molecule has 2 aromatic carbocycles. The number of benzene rings is 2. The number of sulfonamides is 1. The van der Waals surface area contributed by atoms with Gasteiger partial charge in [-0.15, -0.1) is 0 Å². The van der Waals surface area contributed by atoms with Crippen LogP contribution in [0.1, 0.15) is 29.5 Å². The number of hydrogen-bond acceptors (Lipinski definition) is 4. The quantitative estimate of drug-likeness (QED) is 0.666. The lowest BCUT2D eigenvalue weighted by atomic mass is 10.1. The summed E-state index contributed by atoms with van der Waals surface area (Å²) in [5.41, 5.74) is 2.74. The lowest BCUT2D eigenvalue weighted by Crippen LogP contribution is -2.45. The molecule has 9 heteroatoms. The van der Waals surface area contributed by atoms with E-state index in [1.807, 2.05) is 19.1 Å². The Hall–Kier alpha value is -2.42. The smallest absolute Gasteiger partial charge is 0.313 e. The van der Waals surface area contributed by atoms with Crippen molar-refractivity contribution in [1.82, 2.24) is 9.62 Å². The van der Waals surface area contributed by atoms with E-state index in [9.17, 15) is 18.0 Å². The SMILES string of the molecule is Cc1cc(C)c(S(=O)(=O)N2CCC[C@H]2CNC(=O)C(=O)Nc2ccccc2Cl)c(C)c1. The highest BCUT2D eigenvalue weighted by Gasteiger charge is 2.37. The van der Waals surface area contributed by atoms with Crippen LogP contribution in [-0.2, 0) is 19.6 Å². The van der Waals surface area contributed by atoms with Crippen LogP contribution in [0.25, 0.3) is 0 Å². The number of carbonyl (C=O) groups is 2. The number of carbonyl (C=O) groups excluding carboxylic acids is 2. The number of hydrogen-bond donors (Lipinski definition) is 2. The maximum absolute atomic E-state index is 13.4. The lowest BCUT2D eigenvalue weighted by molar-refractivity contribution is -0.136. The summed E-state index contributed by atoms with van der Waals surface area (Å²) in [5, 5.41) is 5.33. The number of anilines is 1. The molecule has 0 spiro atoms. The average molecular weight is 464 g/mol. The Morgan fingerprint density at radius 2 is 1.74 bits per heavy atom. The summed E-state index contributed by atoms with van der Waals surface area (Å²) in [6.07, 6.45) is 1.30. The number of amides is 2. The number of nitrogens with zero attached hydrogens (tertiary/aromatic N) is 1.